The minimum absolute atomic E-state index is 0.0641. The first-order chi connectivity index (χ1) is 10.0. The van der Waals surface area contributed by atoms with E-state index < -0.39 is 10.0 Å². The second-order valence-electron chi connectivity index (χ2n) is 7.58. The molecule has 0 atom stereocenters. The quantitative estimate of drug-likeness (QED) is 0.874. The van der Waals surface area contributed by atoms with E-state index in [-0.39, 0.29) is 5.41 Å². The zero-order valence-electron chi connectivity index (χ0n) is 12.2. The molecular formula is C15H23N3O2S. The Kier molecular flexibility index (Phi) is 3.15. The van der Waals surface area contributed by atoms with Crippen LogP contribution in [0.25, 0.3) is 0 Å². The van der Waals surface area contributed by atoms with Gasteiger partial charge in [0.15, 0.2) is 0 Å². The highest BCUT2D eigenvalue weighted by atomic mass is 32.2. The normalized spacial score (nSPS) is 38.0. The topological polar surface area (TPSA) is 74.8 Å². The van der Waals surface area contributed by atoms with Crippen molar-refractivity contribution in [3.05, 3.63) is 18.0 Å². The van der Waals surface area contributed by atoms with Gasteiger partial charge in [-0.05, 0) is 67.8 Å². The Bertz CT molecular complexity index is 574. The van der Waals surface area contributed by atoms with Crippen molar-refractivity contribution in [3.8, 4) is 0 Å². The van der Waals surface area contributed by atoms with Gasteiger partial charge in [0, 0.05) is 6.20 Å². The summed E-state index contributed by atoms with van der Waals surface area (Å²) in [5.41, 5.74) is 0.873. The molecule has 1 heterocycles. The summed E-state index contributed by atoms with van der Waals surface area (Å²) < 4.78 is 27.7. The molecule has 4 aliphatic rings. The average molecular weight is 309 g/mol. The largest absolute Gasteiger partial charge is 0.281 e. The predicted molar refractivity (Wildman–Crippen MR) is 79.8 cm³/mol. The molecule has 1 aromatic rings. The van der Waals surface area contributed by atoms with E-state index in [4.69, 9.17) is 0 Å². The highest BCUT2D eigenvalue weighted by Crippen LogP contribution is 2.60. The highest BCUT2D eigenvalue weighted by molar-refractivity contribution is 7.89. The number of nitrogens with one attached hydrogen (secondary N) is 2. The number of aromatic amines is 1. The molecule has 4 bridgehead atoms. The lowest BCUT2D eigenvalue weighted by atomic mass is 9.50. The molecule has 0 aromatic carbocycles. The van der Waals surface area contributed by atoms with E-state index in [2.05, 4.69) is 14.9 Å². The van der Waals surface area contributed by atoms with E-state index in [1.165, 1.54) is 19.3 Å². The third kappa shape index (κ3) is 2.75. The molecule has 6 heteroatoms. The van der Waals surface area contributed by atoms with Crippen molar-refractivity contribution in [2.75, 3.05) is 5.75 Å². The summed E-state index contributed by atoms with van der Waals surface area (Å²) in [5, 5.41) is 6.64. The number of sulfonamides is 1. The van der Waals surface area contributed by atoms with Gasteiger partial charge in [-0.2, -0.15) is 5.10 Å². The Labute approximate surface area is 126 Å². The first-order valence-corrected chi connectivity index (χ1v) is 9.63. The maximum Gasteiger partial charge on any atom is 0.212 e. The standard InChI is InChI=1S/C15H23N3O2S/c19-21(20,17-9-14-1-2-16-18-14)10-15-6-11-3-12(7-15)5-13(4-11)8-15/h1-2,11-13,17H,3-10H2,(H,16,18). The van der Waals surface area contributed by atoms with Crippen LogP contribution < -0.4 is 4.72 Å². The Morgan fingerprint density at radius 3 is 2.33 bits per heavy atom. The van der Waals surface area contributed by atoms with Crippen LogP contribution in [0.15, 0.2) is 12.3 Å². The fourth-order valence-electron chi connectivity index (χ4n) is 5.49. The molecule has 0 unspecified atom stereocenters. The molecule has 4 saturated carbocycles. The number of hydrogen-bond donors (Lipinski definition) is 2. The van der Waals surface area contributed by atoms with E-state index in [1.54, 1.807) is 12.3 Å². The number of rotatable bonds is 5. The Balaban J connectivity index is 1.45. The molecule has 0 spiro atoms. The van der Waals surface area contributed by atoms with Crippen LogP contribution in [0.3, 0.4) is 0 Å². The summed E-state index contributed by atoms with van der Waals surface area (Å²) in [6, 6.07) is 1.80. The molecule has 4 aliphatic carbocycles. The van der Waals surface area contributed by atoms with Gasteiger partial charge in [-0.1, -0.05) is 0 Å². The van der Waals surface area contributed by atoms with Crippen molar-refractivity contribution >= 4 is 10.0 Å². The molecule has 4 fully saturated rings. The van der Waals surface area contributed by atoms with Crippen LogP contribution in [0.5, 0.6) is 0 Å². The molecule has 5 rings (SSSR count). The lowest BCUT2D eigenvalue weighted by Gasteiger charge is -2.56. The summed E-state index contributed by atoms with van der Waals surface area (Å²) in [6.45, 7) is 0.314. The first kappa shape index (κ1) is 13.8. The monoisotopic (exact) mass is 309 g/mol. The zero-order chi connectivity index (χ0) is 14.5. The number of hydrogen-bond acceptors (Lipinski definition) is 3. The third-order valence-corrected chi connectivity index (χ3v) is 7.28. The van der Waals surface area contributed by atoms with E-state index >= 15 is 0 Å². The van der Waals surface area contributed by atoms with Crippen LogP contribution in [0, 0.1) is 23.2 Å². The van der Waals surface area contributed by atoms with Crippen molar-refractivity contribution in [3.63, 3.8) is 0 Å². The van der Waals surface area contributed by atoms with Crippen LogP contribution in [0.2, 0.25) is 0 Å². The van der Waals surface area contributed by atoms with E-state index in [9.17, 15) is 8.42 Å². The smallest absolute Gasteiger partial charge is 0.212 e. The Morgan fingerprint density at radius 2 is 1.81 bits per heavy atom. The molecule has 0 radical (unpaired) electrons. The summed E-state index contributed by atoms with van der Waals surface area (Å²) >= 11 is 0. The first-order valence-electron chi connectivity index (χ1n) is 7.98. The van der Waals surface area contributed by atoms with Gasteiger partial charge in [-0.25, -0.2) is 13.1 Å². The minimum atomic E-state index is -3.22. The van der Waals surface area contributed by atoms with Gasteiger partial charge in [0.1, 0.15) is 0 Å². The molecular weight excluding hydrogens is 286 g/mol. The van der Waals surface area contributed by atoms with Crippen LogP contribution in [0.1, 0.15) is 44.2 Å². The van der Waals surface area contributed by atoms with E-state index in [0.717, 1.165) is 42.7 Å². The van der Waals surface area contributed by atoms with Gasteiger partial charge in [-0.3, -0.25) is 5.10 Å². The zero-order valence-corrected chi connectivity index (χ0v) is 13.0. The highest BCUT2D eigenvalue weighted by Gasteiger charge is 2.52. The van der Waals surface area contributed by atoms with E-state index in [1.807, 2.05) is 0 Å². The van der Waals surface area contributed by atoms with Crippen LogP contribution in [-0.4, -0.2) is 24.4 Å². The van der Waals surface area contributed by atoms with Gasteiger partial charge in [0.2, 0.25) is 10.0 Å². The molecule has 21 heavy (non-hydrogen) atoms. The van der Waals surface area contributed by atoms with Crippen molar-refractivity contribution in [1.29, 1.82) is 0 Å². The maximum absolute atomic E-state index is 12.5. The molecule has 2 N–H and O–H groups in total. The van der Waals surface area contributed by atoms with Gasteiger partial charge in [0.25, 0.3) is 0 Å². The fourth-order valence-corrected chi connectivity index (χ4v) is 7.13. The molecule has 1 aromatic heterocycles. The third-order valence-electron chi connectivity index (χ3n) is 5.70. The lowest BCUT2D eigenvalue weighted by Crippen LogP contribution is -2.50. The Morgan fingerprint density at radius 1 is 1.19 bits per heavy atom. The van der Waals surface area contributed by atoms with Crippen molar-refractivity contribution in [2.24, 2.45) is 23.2 Å². The van der Waals surface area contributed by atoms with E-state index in [0.29, 0.717) is 12.3 Å². The van der Waals surface area contributed by atoms with Gasteiger partial charge in [-0.15, -0.1) is 0 Å². The SMILES string of the molecule is O=S(=O)(CC12CC3CC(CC(C3)C1)C2)NCc1ccn[nH]1. The summed E-state index contributed by atoms with van der Waals surface area (Å²) in [7, 11) is -3.22. The molecule has 116 valence electrons. The van der Waals surface area contributed by atoms with Crippen molar-refractivity contribution in [2.45, 2.75) is 45.1 Å². The maximum atomic E-state index is 12.5. The van der Waals surface area contributed by atoms with Crippen LogP contribution in [-0.2, 0) is 16.6 Å². The number of aromatic nitrogens is 2. The average Bonchev–Trinajstić information content (AvgIpc) is 2.86. The second-order valence-corrected chi connectivity index (χ2v) is 9.39. The second kappa shape index (κ2) is 4.81. The van der Waals surface area contributed by atoms with Crippen molar-refractivity contribution < 1.29 is 8.42 Å². The lowest BCUT2D eigenvalue weighted by molar-refractivity contribution is -0.0391. The molecule has 0 aliphatic heterocycles. The van der Waals surface area contributed by atoms with Gasteiger partial charge < -0.3 is 0 Å². The van der Waals surface area contributed by atoms with Crippen LogP contribution >= 0.6 is 0 Å². The summed E-state index contributed by atoms with van der Waals surface area (Å²) in [5.74, 6) is 2.69. The Hall–Kier alpha value is -0.880. The fraction of sp³-hybridized carbons (Fsp3) is 0.800. The summed E-state index contributed by atoms with van der Waals surface area (Å²) in [6.07, 6.45) is 9.07. The number of nitrogens with zero attached hydrogens (tertiary/aromatic N) is 1. The molecule has 0 amide bonds. The van der Waals surface area contributed by atoms with Gasteiger partial charge >= 0.3 is 0 Å². The van der Waals surface area contributed by atoms with Crippen molar-refractivity contribution in [1.82, 2.24) is 14.9 Å². The summed E-state index contributed by atoms with van der Waals surface area (Å²) in [4.78, 5) is 0. The number of H-pyrrole nitrogens is 1. The van der Waals surface area contributed by atoms with Gasteiger partial charge in [0.05, 0.1) is 18.0 Å². The minimum Gasteiger partial charge on any atom is -0.281 e. The van der Waals surface area contributed by atoms with Crippen LogP contribution in [0.4, 0.5) is 0 Å². The molecule has 0 saturated heterocycles. The molecule has 5 nitrogen and oxygen atoms in total. The predicted octanol–water partition coefficient (Wildman–Crippen LogP) is 2.05.